The summed E-state index contributed by atoms with van der Waals surface area (Å²) in [6.07, 6.45) is -1.91. The summed E-state index contributed by atoms with van der Waals surface area (Å²) >= 11 is 5.45. The van der Waals surface area contributed by atoms with E-state index in [9.17, 15) is 17.6 Å². The molecule has 1 aliphatic rings. The first kappa shape index (κ1) is 19.0. The molecule has 142 valence electrons. The second-order valence-corrected chi connectivity index (χ2v) is 6.86. The van der Waals surface area contributed by atoms with Crippen molar-refractivity contribution in [1.29, 1.82) is 0 Å². The quantitative estimate of drug-likeness (QED) is 0.504. The summed E-state index contributed by atoms with van der Waals surface area (Å²) in [6, 6.07) is 6.35. The maximum Gasteiger partial charge on any atom is 0.401 e. The highest BCUT2D eigenvalue weighted by atomic mass is 32.1. The first-order valence-electron chi connectivity index (χ1n) is 8.53. The molecule has 2 aromatic rings. The molecule has 1 aromatic carbocycles. The van der Waals surface area contributed by atoms with E-state index in [1.54, 1.807) is 22.8 Å². The van der Waals surface area contributed by atoms with E-state index in [4.69, 9.17) is 12.2 Å². The minimum atomic E-state index is -4.30. The summed E-state index contributed by atoms with van der Waals surface area (Å²) < 4.78 is 56.2. The molecule has 0 unspecified atom stereocenters. The number of alkyl halides is 3. The molecular weight excluding hydrogens is 368 g/mol. The van der Waals surface area contributed by atoms with Gasteiger partial charge in [-0.1, -0.05) is 19.1 Å². The second-order valence-electron chi connectivity index (χ2n) is 6.50. The lowest BCUT2D eigenvalue weighted by Gasteiger charge is -2.22. The first-order chi connectivity index (χ1) is 12.3. The lowest BCUT2D eigenvalue weighted by molar-refractivity contribution is -0.149. The topological polar surface area (TPSA) is 26.0 Å². The van der Waals surface area contributed by atoms with Crippen molar-refractivity contribution in [3.8, 4) is 11.4 Å². The number of halogens is 4. The fourth-order valence-electron chi connectivity index (χ4n) is 2.96. The number of rotatable bonds is 7. The van der Waals surface area contributed by atoms with Crippen molar-refractivity contribution in [2.24, 2.45) is 0 Å². The highest BCUT2D eigenvalue weighted by molar-refractivity contribution is 7.71. The Kier molecular flexibility index (Phi) is 5.47. The molecule has 0 N–H and O–H groups in total. The number of nitrogens with zero attached hydrogens (tertiary/aromatic N) is 4. The van der Waals surface area contributed by atoms with Gasteiger partial charge >= 0.3 is 6.18 Å². The Hall–Kier alpha value is -1.74. The van der Waals surface area contributed by atoms with Crippen LogP contribution in [0.3, 0.4) is 0 Å². The third-order valence-electron chi connectivity index (χ3n) is 4.17. The van der Waals surface area contributed by atoms with Gasteiger partial charge in [0, 0.05) is 6.04 Å². The number of benzene rings is 1. The molecule has 0 bridgehead atoms. The molecule has 1 saturated carbocycles. The molecule has 0 aliphatic heterocycles. The summed E-state index contributed by atoms with van der Waals surface area (Å²) in [5.74, 6) is -0.0543. The summed E-state index contributed by atoms with van der Waals surface area (Å²) in [6.45, 7) is 0.976. The van der Waals surface area contributed by atoms with Crippen LogP contribution in [0.2, 0.25) is 0 Å². The number of aromatic nitrogens is 3. The van der Waals surface area contributed by atoms with Gasteiger partial charge in [-0.25, -0.2) is 9.07 Å². The van der Waals surface area contributed by atoms with Crippen LogP contribution in [0.1, 0.15) is 32.2 Å². The normalized spacial score (nSPS) is 15.0. The van der Waals surface area contributed by atoms with Crippen molar-refractivity contribution in [1.82, 2.24) is 19.2 Å². The van der Waals surface area contributed by atoms with Crippen molar-refractivity contribution < 1.29 is 17.6 Å². The van der Waals surface area contributed by atoms with Crippen molar-refractivity contribution in [2.75, 3.05) is 13.1 Å². The molecule has 0 atom stereocenters. The van der Waals surface area contributed by atoms with Crippen molar-refractivity contribution >= 4 is 12.2 Å². The van der Waals surface area contributed by atoms with E-state index < -0.39 is 18.5 Å². The molecular formula is C17H20F4N4S. The number of hydrogen-bond acceptors (Lipinski definition) is 3. The summed E-state index contributed by atoms with van der Waals surface area (Å²) in [4.78, 5) is 1.26. The first-order valence-corrected chi connectivity index (χ1v) is 8.94. The van der Waals surface area contributed by atoms with Gasteiger partial charge in [-0.15, -0.1) is 0 Å². The van der Waals surface area contributed by atoms with Crippen LogP contribution < -0.4 is 0 Å². The summed E-state index contributed by atoms with van der Waals surface area (Å²) in [5, 5.41) is 4.38. The molecule has 0 saturated heterocycles. The van der Waals surface area contributed by atoms with Gasteiger partial charge in [-0.3, -0.25) is 9.47 Å². The van der Waals surface area contributed by atoms with E-state index in [2.05, 4.69) is 5.10 Å². The van der Waals surface area contributed by atoms with E-state index in [1.807, 2.05) is 6.92 Å². The zero-order valence-corrected chi connectivity index (χ0v) is 15.2. The van der Waals surface area contributed by atoms with Crippen molar-refractivity contribution in [3.05, 3.63) is 34.9 Å². The predicted molar refractivity (Wildman–Crippen MR) is 92.6 cm³/mol. The van der Waals surface area contributed by atoms with Gasteiger partial charge in [-0.2, -0.15) is 18.3 Å². The van der Waals surface area contributed by atoms with E-state index in [0.717, 1.165) is 12.8 Å². The predicted octanol–water partition coefficient (Wildman–Crippen LogP) is 4.79. The van der Waals surface area contributed by atoms with Crippen LogP contribution in [-0.4, -0.2) is 38.5 Å². The Morgan fingerprint density at radius 2 is 1.96 bits per heavy atom. The Labute approximate surface area is 154 Å². The minimum Gasteiger partial charge on any atom is -0.297 e. The molecule has 0 radical (unpaired) electrons. The summed E-state index contributed by atoms with van der Waals surface area (Å²) in [5.41, 5.74) is 0.308. The Balaban J connectivity index is 1.97. The minimum absolute atomic E-state index is 0.0760. The summed E-state index contributed by atoms with van der Waals surface area (Å²) in [7, 11) is 0. The fraction of sp³-hybridized carbons (Fsp3) is 0.529. The van der Waals surface area contributed by atoms with E-state index >= 15 is 0 Å². The maximum atomic E-state index is 14.2. The standard InChI is InChI=1S/C17H20F4N4S/c1-2-9-23(10-17(19,20)21)11-24-16(26)25(12-7-8-12)15(22-24)13-5-3-4-6-14(13)18/h3-6,12H,2,7-11H2,1H3. The highest BCUT2D eigenvalue weighted by Gasteiger charge is 2.32. The van der Waals surface area contributed by atoms with Crippen LogP contribution in [0.5, 0.6) is 0 Å². The molecule has 4 nitrogen and oxygen atoms in total. The maximum absolute atomic E-state index is 14.2. The average Bonchev–Trinajstić information content (AvgIpc) is 3.32. The molecule has 1 aliphatic carbocycles. The van der Waals surface area contributed by atoms with E-state index in [0.29, 0.717) is 22.6 Å². The lowest BCUT2D eigenvalue weighted by atomic mass is 10.2. The zero-order valence-electron chi connectivity index (χ0n) is 14.3. The average molecular weight is 388 g/mol. The molecule has 1 aromatic heterocycles. The van der Waals surface area contributed by atoms with Gasteiger partial charge in [0.05, 0.1) is 18.8 Å². The van der Waals surface area contributed by atoms with Crippen molar-refractivity contribution in [2.45, 2.75) is 45.1 Å². The van der Waals surface area contributed by atoms with E-state index in [1.165, 1.54) is 15.6 Å². The van der Waals surface area contributed by atoms with Gasteiger partial charge in [0.15, 0.2) is 10.6 Å². The molecule has 3 rings (SSSR count). The molecule has 0 spiro atoms. The lowest BCUT2D eigenvalue weighted by Crippen LogP contribution is -2.36. The van der Waals surface area contributed by atoms with Gasteiger partial charge in [0.2, 0.25) is 0 Å². The Morgan fingerprint density at radius 3 is 2.54 bits per heavy atom. The van der Waals surface area contributed by atoms with Crippen molar-refractivity contribution in [3.63, 3.8) is 0 Å². The van der Waals surface area contributed by atoms with Crippen LogP contribution in [0.4, 0.5) is 17.6 Å². The highest BCUT2D eigenvalue weighted by Crippen LogP contribution is 2.39. The largest absolute Gasteiger partial charge is 0.401 e. The Bertz CT molecular complexity index is 823. The molecule has 9 heteroatoms. The van der Waals surface area contributed by atoms with Gasteiger partial charge in [0.25, 0.3) is 0 Å². The van der Waals surface area contributed by atoms with Crippen LogP contribution in [0.15, 0.2) is 24.3 Å². The zero-order chi connectivity index (χ0) is 18.9. The van der Waals surface area contributed by atoms with Crippen LogP contribution in [0, 0.1) is 10.6 Å². The third kappa shape index (κ3) is 4.32. The molecule has 0 amide bonds. The third-order valence-corrected chi connectivity index (χ3v) is 4.58. The van der Waals surface area contributed by atoms with Gasteiger partial charge < -0.3 is 0 Å². The van der Waals surface area contributed by atoms with Crippen LogP contribution >= 0.6 is 12.2 Å². The fourth-order valence-corrected chi connectivity index (χ4v) is 3.29. The molecule has 1 fully saturated rings. The van der Waals surface area contributed by atoms with Crippen LogP contribution in [-0.2, 0) is 6.67 Å². The monoisotopic (exact) mass is 388 g/mol. The molecule has 1 heterocycles. The number of hydrogen-bond donors (Lipinski definition) is 0. The van der Waals surface area contributed by atoms with Gasteiger partial charge in [0.1, 0.15) is 5.82 Å². The van der Waals surface area contributed by atoms with Gasteiger partial charge in [-0.05, 0) is 50.2 Å². The smallest absolute Gasteiger partial charge is 0.297 e. The molecule has 26 heavy (non-hydrogen) atoms. The SMILES string of the molecule is CCCN(Cn1nc(-c2ccccc2F)n(C2CC2)c1=S)CC(F)(F)F. The second kappa shape index (κ2) is 7.48. The van der Waals surface area contributed by atoms with Crippen LogP contribution in [0.25, 0.3) is 11.4 Å². The van der Waals surface area contributed by atoms with E-state index in [-0.39, 0.29) is 19.3 Å². The Morgan fingerprint density at radius 1 is 1.27 bits per heavy atom.